The van der Waals surface area contributed by atoms with E-state index in [9.17, 15) is 18.0 Å². The molecule has 0 spiro atoms. The topological polar surface area (TPSA) is 95.4 Å². The van der Waals surface area contributed by atoms with Crippen LogP contribution in [0.25, 0.3) is 17.0 Å². The van der Waals surface area contributed by atoms with E-state index >= 15 is 0 Å². The van der Waals surface area contributed by atoms with Crippen molar-refractivity contribution in [1.29, 1.82) is 0 Å². The molecule has 10 heteroatoms. The summed E-state index contributed by atoms with van der Waals surface area (Å²) in [7, 11) is 0. The first kappa shape index (κ1) is 15.7. The molecule has 0 bridgehead atoms. The van der Waals surface area contributed by atoms with E-state index in [1.165, 1.54) is 18.5 Å². The number of hydrogen-bond donors (Lipinski definition) is 1. The number of imidazole rings is 1. The lowest BCUT2D eigenvalue weighted by atomic mass is 10.2. The molecule has 3 heterocycles. The average Bonchev–Trinajstić information content (AvgIpc) is 2.90. The van der Waals surface area contributed by atoms with Gasteiger partial charge in [-0.05, 0) is 19.1 Å². The Morgan fingerprint density at radius 1 is 1.25 bits per heavy atom. The van der Waals surface area contributed by atoms with Gasteiger partial charge >= 0.3 is 6.36 Å². The number of primary amides is 1. The zero-order valence-electron chi connectivity index (χ0n) is 12.2. The molecule has 0 unspecified atom stereocenters. The van der Waals surface area contributed by atoms with Crippen LogP contribution in [-0.4, -0.2) is 31.6 Å². The molecule has 0 aromatic carbocycles. The smallest absolute Gasteiger partial charge is 0.388 e. The van der Waals surface area contributed by atoms with Crippen LogP contribution in [-0.2, 0) is 0 Å². The maximum absolute atomic E-state index is 12.3. The number of rotatable bonds is 3. The van der Waals surface area contributed by atoms with Crippen molar-refractivity contribution in [1.82, 2.24) is 19.4 Å². The van der Waals surface area contributed by atoms with Crippen molar-refractivity contribution < 1.29 is 22.7 Å². The highest BCUT2D eigenvalue weighted by atomic mass is 19.4. The predicted octanol–water partition coefficient (Wildman–Crippen LogP) is 2.10. The fourth-order valence-corrected chi connectivity index (χ4v) is 2.16. The number of amides is 1. The van der Waals surface area contributed by atoms with Crippen LogP contribution in [0.3, 0.4) is 0 Å². The van der Waals surface area contributed by atoms with Gasteiger partial charge in [0.25, 0.3) is 5.91 Å². The number of aromatic nitrogens is 4. The van der Waals surface area contributed by atoms with Crippen LogP contribution in [0.4, 0.5) is 13.2 Å². The van der Waals surface area contributed by atoms with E-state index in [0.717, 1.165) is 6.07 Å². The number of carbonyl (C=O) groups is 1. The Labute approximate surface area is 132 Å². The first-order valence-corrected chi connectivity index (χ1v) is 6.62. The number of aryl methyl sites for hydroxylation is 1. The van der Waals surface area contributed by atoms with Gasteiger partial charge in [0.1, 0.15) is 6.33 Å². The fourth-order valence-electron chi connectivity index (χ4n) is 2.16. The second kappa shape index (κ2) is 5.48. The molecule has 1 amide bonds. The van der Waals surface area contributed by atoms with E-state index in [1.807, 2.05) is 0 Å². The summed E-state index contributed by atoms with van der Waals surface area (Å²) in [5.74, 6) is -1.37. The highest BCUT2D eigenvalue weighted by molar-refractivity contribution is 5.97. The van der Waals surface area contributed by atoms with Crippen LogP contribution in [0, 0.1) is 6.92 Å². The van der Waals surface area contributed by atoms with Crippen LogP contribution in [0.1, 0.15) is 16.2 Å². The van der Waals surface area contributed by atoms with Gasteiger partial charge < -0.3 is 10.5 Å². The van der Waals surface area contributed by atoms with Crippen molar-refractivity contribution >= 4 is 11.6 Å². The van der Waals surface area contributed by atoms with Gasteiger partial charge in [-0.2, -0.15) is 0 Å². The zero-order valence-corrected chi connectivity index (χ0v) is 12.2. The van der Waals surface area contributed by atoms with Crippen LogP contribution in [0.15, 0.2) is 30.6 Å². The highest BCUT2D eigenvalue weighted by Crippen LogP contribution is 2.25. The number of fused-ring (bicyclic) bond motifs is 1. The Bertz CT molecular complexity index is 936. The van der Waals surface area contributed by atoms with Gasteiger partial charge in [-0.1, -0.05) is 6.07 Å². The first-order chi connectivity index (χ1) is 11.2. The molecule has 124 valence electrons. The Balaban J connectivity index is 2.11. The van der Waals surface area contributed by atoms with E-state index < -0.39 is 18.1 Å². The van der Waals surface area contributed by atoms with Crippen molar-refractivity contribution in [3.05, 3.63) is 42.0 Å². The molecule has 0 fully saturated rings. The number of ether oxygens (including phenoxy) is 1. The third-order valence-corrected chi connectivity index (χ3v) is 3.13. The molecule has 7 nitrogen and oxygen atoms in total. The normalized spacial score (nSPS) is 11.7. The Hall–Kier alpha value is -3.17. The number of nitrogens with zero attached hydrogens (tertiary/aromatic N) is 4. The largest absolute Gasteiger partial charge is 0.574 e. The van der Waals surface area contributed by atoms with E-state index in [2.05, 4.69) is 19.7 Å². The monoisotopic (exact) mass is 337 g/mol. The average molecular weight is 337 g/mol. The number of alkyl halides is 3. The summed E-state index contributed by atoms with van der Waals surface area (Å²) in [6.45, 7) is 1.72. The fraction of sp³-hybridized carbons (Fsp3) is 0.143. The summed E-state index contributed by atoms with van der Waals surface area (Å²) in [5, 5.41) is 0. The lowest BCUT2D eigenvalue weighted by molar-refractivity contribution is -0.276. The number of carbonyl (C=O) groups excluding carboxylic acids is 1. The molecule has 3 aromatic rings. The van der Waals surface area contributed by atoms with Gasteiger partial charge in [0.15, 0.2) is 11.3 Å². The molecule has 2 N–H and O–H groups in total. The molecule has 0 saturated heterocycles. The van der Waals surface area contributed by atoms with Crippen molar-refractivity contribution in [3.8, 4) is 17.3 Å². The van der Waals surface area contributed by atoms with Crippen LogP contribution >= 0.6 is 0 Å². The minimum Gasteiger partial charge on any atom is -0.388 e. The van der Waals surface area contributed by atoms with Crippen LogP contribution in [0.2, 0.25) is 0 Å². The van der Waals surface area contributed by atoms with Crippen molar-refractivity contribution in [2.75, 3.05) is 0 Å². The molecule has 3 aromatic heterocycles. The Kier molecular flexibility index (Phi) is 3.59. The zero-order chi connectivity index (χ0) is 17.5. The van der Waals surface area contributed by atoms with Crippen molar-refractivity contribution in [2.24, 2.45) is 5.73 Å². The molecule has 0 radical (unpaired) electrons. The molecule has 0 aliphatic rings. The SMILES string of the molecule is Cc1cc(-c2cccc(OC(F)(F)F)n2)nc2c(C(N)=O)ncn12. The number of pyridine rings is 1. The number of hydrogen-bond acceptors (Lipinski definition) is 5. The quantitative estimate of drug-likeness (QED) is 0.789. The van der Waals surface area contributed by atoms with Gasteiger partial charge in [-0.15, -0.1) is 13.2 Å². The third kappa shape index (κ3) is 2.98. The molecule has 0 aliphatic heterocycles. The Morgan fingerprint density at radius 3 is 2.67 bits per heavy atom. The van der Waals surface area contributed by atoms with Gasteiger partial charge in [-0.25, -0.2) is 15.0 Å². The number of nitrogens with two attached hydrogens (primary N) is 1. The van der Waals surface area contributed by atoms with Gasteiger partial charge in [0.2, 0.25) is 5.88 Å². The molecular weight excluding hydrogens is 327 g/mol. The van der Waals surface area contributed by atoms with E-state index in [0.29, 0.717) is 5.69 Å². The summed E-state index contributed by atoms with van der Waals surface area (Å²) in [6.07, 6.45) is -3.46. The molecule has 0 aliphatic carbocycles. The van der Waals surface area contributed by atoms with E-state index in [-0.39, 0.29) is 22.7 Å². The molecule has 3 rings (SSSR count). The summed E-state index contributed by atoms with van der Waals surface area (Å²) in [5.41, 5.74) is 6.46. The summed E-state index contributed by atoms with van der Waals surface area (Å²) >= 11 is 0. The molecule has 0 atom stereocenters. The predicted molar refractivity (Wildman–Crippen MR) is 76.2 cm³/mol. The van der Waals surface area contributed by atoms with Gasteiger partial charge in [0.05, 0.1) is 11.4 Å². The minimum atomic E-state index is -4.84. The van der Waals surface area contributed by atoms with E-state index in [4.69, 9.17) is 5.73 Å². The highest BCUT2D eigenvalue weighted by Gasteiger charge is 2.31. The lowest BCUT2D eigenvalue weighted by Crippen LogP contribution is -2.18. The number of halogens is 3. The van der Waals surface area contributed by atoms with Crippen LogP contribution < -0.4 is 10.5 Å². The maximum atomic E-state index is 12.3. The summed E-state index contributed by atoms with van der Waals surface area (Å²) in [6, 6.07) is 5.51. The molecular formula is C14H10F3N5O2. The molecule has 0 saturated carbocycles. The van der Waals surface area contributed by atoms with Crippen molar-refractivity contribution in [3.63, 3.8) is 0 Å². The lowest BCUT2D eigenvalue weighted by Gasteiger charge is -2.09. The first-order valence-electron chi connectivity index (χ1n) is 6.62. The third-order valence-electron chi connectivity index (χ3n) is 3.13. The van der Waals surface area contributed by atoms with Gasteiger partial charge in [-0.3, -0.25) is 9.20 Å². The van der Waals surface area contributed by atoms with E-state index in [1.54, 1.807) is 17.4 Å². The molecule has 24 heavy (non-hydrogen) atoms. The summed E-state index contributed by atoms with van der Waals surface area (Å²) in [4.78, 5) is 23.3. The maximum Gasteiger partial charge on any atom is 0.574 e. The second-order valence-corrected chi connectivity index (χ2v) is 4.84. The van der Waals surface area contributed by atoms with Gasteiger partial charge in [0, 0.05) is 11.8 Å². The standard InChI is InChI=1S/C14H10F3N5O2/c1-7-5-9(21-13-11(12(18)23)19-6-22(7)13)8-3-2-4-10(20-8)24-14(15,16)17/h2-6H,1H3,(H2,18,23). The van der Waals surface area contributed by atoms with Crippen LogP contribution in [0.5, 0.6) is 5.88 Å². The summed E-state index contributed by atoms with van der Waals surface area (Å²) < 4.78 is 42.3. The minimum absolute atomic E-state index is 0.0392. The second-order valence-electron chi connectivity index (χ2n) is 4.84. The Morgan fingerprint density at radius 2 is 2.00 bits per heavy atom. The van der Waals surface area contributed by atoms with Crippen molar-refractivity contribution in [2.45, 2.75) is 13.3 Å².